The quantitative estimate of drug-likeness (QED) is 0.862. The Morgan fingerprint density at radius 1 is 1.40 bits per heavy atom. The van der Waals surface area contributed by atoms with Crippen LogP contribution in [0.25, 0.3) is 11.1 Å². The first-order valence-electron chi connectivity index (χ1n) is 6.10. The van der Waals surface area contributed by atoms with Crippen molar-refractivity contribution in [2.75, 3.05) is 12.3 Å². The molecule has 2 N–H and O–H groups in total. The molecule has 0 aliphatic heterocycles. The highest BCUT2D eigenvalue weighted by Gasteiger charge is 2.18. The Hall–Kier alpha value is -2.87. The lowest BCUT2D eigenvalue weighted by Crippen LogP contribution is -2.11. The van der Waals surface area contributed by atoms with Crippen molar-refractivity contribution >= 4 is 11.8 Å². The van der Waals surface area contributed by atoms with Crippen molar-refractivity contribution < 1.29 is 9.53 Å². The smallest absolute Gasteiger partial charge is 0.357 e. The molecular weight excluding hydrogens is 254 g/mol. The van der Waals surface area contributed by atoms with Crippen LogP contribution in [-0.4, -0.2) is 17.6 Å². The van der Waals surface area contributed by atoms with Gasteiger partial charge in [0.1, 0.15) is 11.9 Å². The summed E-state index contributed by atoms with van der Waals surface area (Å²) in [6, 6.07) is 12.7. The fourth-order valence-corrected chi connectivity index (χ4v) is 1.81. The number of esters is 1. The Morgan fingerprint density at radius 2 is 2.10 bits per heavy atom. The van der Waals surface area contributed by atoms with Gasteiger partial charge < -0.3 is 10.5 Å². The van der Waals surface area contributed by atoms with Crippen LogP contribution < -0.4 is 5.73 Å². The Labute approximate surface area is 116 Å². The average molecular weight is 267 g/mol. The predicted molar refractivity (Wildman–Crippen MR) is 74.8 cm³/mol. The zero-order valence-corrected chi connectivity index (χ0v) is 11.0. The van der Waals surface area contributed by atoms with Gasteiger partial charge in [-0.3, -0.25) is 0 Å². The minimum absolute atomic E-state index is 0.0234. The van der Waals surface area contributed by atoms with Crippen molar-refractivity contribution in [3.05, 3.63) is 47.7 Å². The first-order chi connectivity index (χ1) is 9.67. The summed E-state index contributed by atoms with van der Waals surface area (Å²) in [4.78, 5) is 16.0. The molecule has 0 unspecified atom stereocenters. The Morgan fingerprint density at radius 3 is 2.70 bits per heavy atom. The molecule has 5 heteroatoms. The molecule has 0 saturated carbocycles. The number of benzene rings is 1. The number of nitrogens with zero attached hydrogens (tertiary/aromatic N) is 2. The van der Waals surface area contributed by atoms with Gasteiger partial charge >= 0.3 is 5.97 Å². The van der Waals surface area contributed by atoms with Gasteiger partial charge in [-0.05, 0) is 18.6 Å². The maximum atomic E-state index is 12.0. The number of carbonyl (C=O) groups excluding carboxylic acids is 1. The van der Waals surface area contributed by atoms with Gasteiger partial charge in [-0.25, -0.2) is 9.78 Å². The summed E-state index contributed by atoms with van der Waals surface area (Å²) in [6.07, 6.45) is 0. The third kappa shape index (κ3) is 2.59. The number of rotatable bonds is 3. The molecule has 1 heterocycles. The van der Waals surface area contributed by atoms with E-state index in [0.717, 1.165) is 5.56 Å². The van der Waals surface area contributed by atoms with Gasteiger partial charge in [0.2, 0.25) is 0 Å². The van der Waals surface area contributed by atoms with Gasteiger partial charge in [0.25, 0.3) is 0 Å². The molecule has 1 aromatic heterocycles. The molecule has 0 amide bonds. The van der Waals surface area contributed by atoms with E-state index in [9.17, 15) is 4.79 Å². The summed E-state index contributed by atoms with van der Waals surface area (Å²) in [5.74, 6) is -0.530. The lowest BCUT2D eigenvalue weighted by Gasteiger charge is -2.10. The van der Waals surface area contributed by atoms with E-state index in [-0.39, 0.29) is 23.7 Å². The molecule has 2 rings (SSSR count). The molecule has 100 valence electrons. The number of hydrogen-bond donors (Lipinski definition) is 1. The fraction of sp³-hybridized carbons (Fsp3) is 0.133. The molecule has 0 radical (unpaired) electrons. The largest absolute Gasteiger partial charge is 0.461 e. The van der Waals surface area contributed by atoms with Crippen molar-refractivity contribution in [1.82, 2.24) is 4.98 Å². The monoisotopic (exact) mass is 267 g/mol. The van der Waals surface area contributed by atoms with Gasteiger partial charge in [0.05, 0.1) is 12.2 Å². The molecular formula is C15H13N3O2. The lowest BCUT2D eigenvalue weighted by molar-refractivity contribution is 0.0520. The van der Waals surface area contributed by atoms with Crippen LogP contribution in [0.15, 0.2) is 36.4 Å². The highest BCUT2D eigenvalue weighted by atomic mass is 16.5. The molecule has 0 atom stereocenters. The lowest BCUT2D eigenvalue weighted by atomic mass is 10.0. The third-order valence-corrected chi connectivity index (χ3v) is 2.73. The molecule has 0 fully saturated rings. The van der Waals surface area contributed by atoms with Crippen LogP contribution in [0.3, 0.4) is 0 Å². The molecule has 1 aromatic carbocycles. The van der Waals surface area contributed by atoms with Gasteiger partial charge in [0.15, 0.2) is 5.69 Å². The van der Waals surface area contributed by atoms with Gasteiger partial charge in [-0.15, -0.1) is 0 Å². The number of carbonyl (C=O) groups is 1. The maximum Gasteiger partial charge on any atom is 0.357 e. The summed E-state index contributed by atoms with van der Waals surface area (Å²) >= 11 is 0. The zero-order valence-electron chi connectivity index (χ0n) is 11.0. The summed E-state index contributed by atoms with van der Waals surface area (Å²) < 4.78 is 4.98. The van der Waals surface area contributed by atoms with Gasteiger partial charge in [0, 0.05) is 5.56 Å². The molecule has 0 aliphatic carbocycles. The number of nitrogens with two attached hydrogens (primary N) is 1. The van der Waals surface area contributed by atoms with Crippen molar-refractivity contribution in [3.8, 4) is 17.2 Å². The number of aromatic nitrogens is 1. The van der Waals surface area contributed by atoms with Crippen molar-refractivity contribution in [2.24, 2.45) is 0 Å². The highest BCUT2D eigenvalue weighted by molar-refractivity contribution is 5.96. The van der Waals surface area contributed by atoms with Gasteiger partial charge in [-0.1, -0.05) is 30.3 Å². The summed E-state index contributed by atoms with van der Waals surface area (Å²) in [7, 11) is 0. The number of ether oxygens (including phenoxy) is 1. The van der Waals surface area contributed by atoms with Crippen LogP contribution in [0, 0.1) is 11.3 Å². The number of nitriles is 1. The van der Waals surface area contributed by atoms with E-state index in [1.165, 1.54) is 0 Å². The van der Waals surface area contributed by atoms with E-state index in [0.29, 0.717) is 5.56 Å². The fourth-order valence-electron chi connectivity index (χ4n) is 1.81. The minimum Gasteiger partial charge on any atom is -0.461 e. The first kappa shape index (κ1) is 13.6. The number of hydrogen-bond acceptors (Lipinski definition) is 5. The second-order valence-electron chi connectivity index (χ2n) is 4.02. The van der Waals surface area contributed by atoms with E-state index < -0.39 is 5.97 Å². The maximum absolute atomic E-state index is 12.0. The van der Waals surface area contributed by atoms with Crippen molar-refractivity contribution in [3.63, 3.8) is 0 Å². The van der Waals surface area contributed by atoms with E-state index in [2.05, 4.69) is 4.98 Å². The Kier molecular flexibility index (Phi) is 3.96. The highest BCUT2D eigenvalue weighted by Crippen LogP contribution is 2.26. The Bertz CT molecular complexity index is 676. The van der Waals surface area contributed by atoms with E-state index >= 15 is 0 Å². The zero-order chi connectivity index (χ0) is 14.5. The van der Waals surface area contributed by atoms with Crippen LogP contribution in [0.2, 0.25) is 0 Å². The second-order valence-corrected chi connectivity index (χ2v) is 4.02. The number of pyridine rings is 1. The van der Waals surface area contributed by atoms with Gasteiger partial charge in [-0.2, -0.15) is 5.26 Å². The van der Waals surface area contributed by atoms with Crippen LogP contribution >= 0.6 is 0 Å². The van der Waals surface area contributed by atoms with E-state index in [1.54, 1.807) is 13.0 Å². The van der Waals surface area contributed by atoms with E-state index in [4.69, 9.17) is 15.7 Å². The first-order valence-corrected chi connectivity index (χ1v) is 6.10. The van der Waals surface area contributed by atoms with Crippen molar-refractivity contribution in [1.29, 1.82) is 5.26 Å². The molecule has 2 aromatic rings. The van der Waals surface area contributed by atoms with Crippen molar-refractivity contribution in [2.45, 2.75) is 6.92 Å². The molecule has 0 spiro atoms. The average Bonchev–Trinajstić information content (AvgIpc) is 2.48. The normalized spacial score (nSPS) is 9.80. The van der Waals surface area contributed by atoms with Crippen LogP contribution in [0.5, 0.6) is 0 Å². The predicted octanol–water partition coefficient (Wildman–Crippen LogP) is 2.38. The Balaban J connectivity index is 2.64. The number of nitrogen functional groups attached to an aromatic ring is 1. The van der Waals surface area contributed by atoms with Crippen LogP contribution in [0.4, 0.5) is 5.82 Å². The van der Waals surface area contributed by atoms with E-state index in [1.807, 2.05) is 36.4 Å². The molecule has 0 aliphatic rings. The molecule has 0 saturated heterocycles. The molecule has 0 bridgehead atoms. The summed E-state index contributed by atoms with van der Waals surface area (Å²) in [5.41, 5.74) is 7.34. The summed E-state index contributed by atoms with van der Waals surface area (Å²) in [5, 5.41) is 9.04. The summed E-state index contributed by atoms with van der Waals surface area (Å²) in [6.45, 7) is 1.96. The molecule has 5 nitrogen and oxygen atoms in total. The standard InChI is InChI=1S/C15H13N3O2/c1-2-20-15(19)13-12(10-6-4-3-5-7-10)8-11(9-16)14(17)18-13/h3-8H,2H2,1H3,(H2,17,18). The third-order valence-electron chi connectivity index (χ3n) is 2.73. The SMILES string of the molecule is CCOC(=O)c1nc(N)c(C#N)cc1-c1ccccc1. The van der Waals surface area contributed by atoms with Crippen LogP contribution in [-0.2, 0) is 4.74 Å². The second kappa shape index (κ2) is 5.85. The topological polar surface area (TPSA) is 89.0 Å². The molecule has 20 heavy (non-hydrogen) atoms. The minimum atomic E-state index is -0.553. The van der Waals surface area contributed by atoms with Crippen LogP contribution in [0.1, 0.15) is 23.0 Å². The number of anilines is 1.